The molecule has 20 heavy (non-hydrogen) atoms. The zero-order chi connectivity index (χ0) is 15.3. The molecule has 0 spiro atoms. The van der Waals surface area contributed by atoms with Crippen molar-refractivity contribution in [1.82, 2.24) is 5.32 Å². The molecule has 2 N–H and O–H groups in total. The molecule has 1 unspecified atom stereocenters. The molecule has 1 rings (SSSR count). The molecule has 0 aliphatic rings. The van der Waals surface area contributed by atoms with Crippen molar-refractivity contribution in [2.24, 2.45) is 0 Å². The summed E-state index contributed by atoms with van der Waals surface area (Å²) in [5.41, 5.74) is -0.0993. The Kier molecular flexibility index (Phi) is 5.51. The lowest BCUT2D eigenvalue weighted by Gasteiger charge is -2.08. The summed E-state index contributed by atoms with van der Waals surface area (Å²) in [6.07, 6.45) is 0. The topological polar surface area (TPSA) is 110 Å². The lowest BCUT2D eigenvalue weighted by Crippen LogP contribution is -2.22. The number of benzene rings is 1. The first-order valence-corrected chi connectivity index (χ1v) is 6.70. The Bertz CT molecular complexity index is 547. The molecule has 0 saturated heterocycles. The number of carboxylic acid groups (broad SMARTS) is 1. The fraction of sp³-hybridized carbons (Fsp3) is 0.333. The molecule has 0 heterocycles. The van der Waals surface area contributed by atoms with E-state index in [1.165, 1.54) is 19.1 Å². The van der Waals surface area contributed by atoms with Gasteiger partial charge in [-0.25, -0.2) is 0 Å². The lowest BCUT2D eigenvalue weighted by molar-refractivity contribution is -0.387. The van der Waals surface area contributed by atoms with Crippen molar-refractivity contribution < 1.29 is 19.6 Å². The van der Waals surface area contributed by atoms with E-state index in [-0.39, 0.29) is 16.1 Å². The van der Waals surface area contributed by atoms with Crippen molar-refractivity contribution in [2.75, 3.05) is 6.54 Å². The molecule has 8 heteroatoms. The molecule has 0 radical (unpaired) electrons. The van der Waals surface area contributed by atoms with Crippen LogP contribution in [0.3, 0.4) is 0 Å². The highest BCUT2D eigenvalue weighted by molar-refractivity contribution is 8.00. The minimum Gasteiger partial charge on any atom is -0.480 e. The number of amides is 1. The molecule has 0 bridgehead atoms. The third-order valence-electron chi connectivity index (χ3n) is 2.41. The summed E-state index contributed by atoms with van der Waals surface area (Å²) in [5.74, 6) is -1.46. The monoisotopic (exact) mass is 298 g/mol. The van der Waals surface area contributed by atoms with Gasteiger partial charge in [-0.2, -0.15) is 0 Å². The Hall–Kier alpha value is -2.09. The first-order chi connectivity index (χ1) is 9.36. The second kappa shape index (κ2) is 6.90. The van der Waals surface area contributed by atoms with E-state index in [0.717, 1.165) is 17.8 Å². The van der Waals surface area contributed by atoms with Gasteiger partial charge in [0.15, 0.2) is 0 Å². The van der Waals surface area contributed by atoms with Gasteiger partial charge in [-0.05, 0) is 26.0 Å². The zero-order valence-electron chi connectivity index (χ0n) is 11.0. The molecule has 108 valence electrons. The van der Waals surface area contributed by atoms with Gasteiger partial charge in [-0.3, -0.25) is 19.7 Å². The number of carboxylic acids is 1. The van der Waals surface area contributed by atoms with Crippen LogP contribution in [-0.4, -0.2) is 33.7 Å². The van der Waals surface area contributed by atoms with Gasteiger partial charge in [0.2, 0.25) is 0 Å². The summed E-state index contributed by atoms with van der Waals surface area (Å²) >= 11 is 0.867. The molecule has 0 aliphatic heterocycles. The second-order valence-corrected chi connectivity index (χ2v) is 5.28. The summed E-state index contributed by atoms with van der Waals surface area (Å²) in [6.45, 7) is 3.60. The Balaban J connectivity index is 3.11. The predicted molar refractivity (Wildman–Crippen MR) is 74.1 cm³/mol. The first kappa shape index (κ1) is 16.0. The molecule has 1 amide bonds. The molecule has 1 atom stereocenters. The Labute approximate surface area is 119 Å². The number of carbonyl (C=O) groups is 2. The second-order valence-electron chi connectivity index (χ2n) is 3.90. The van der Waals surface area contributed by atoms with Crippen LogP contribution < -0.4 is 5.32 Å². The fourth-order valence-corrected chi connectivity index (χ4v) is 2.29. The summed E-state index contributed by atoms with van der Waals surface area (Å²) in [5, 5.41) is 21.6. The molecule has 0 fully saturated rings. The first-order valence-electron chi connectivity index (χ1n) is 5.83. The average Bonchev–Trinajstić information content (AvgIpc) is 2.38. The smallest absolute Gasteiger partial charge is 0.316 e. The molecule has 0 aliphatic carbocycles. The van der Waals surface area contributed by atoms with E-state index in [1.807, 2.05) is 0 Å². The van der Waals surface area contributed by atoms with Crippen molar-refractivity contribution in [3.8, 4) is 0 Å². The van der Waals surface area contributed by atoms with Crippen LogP contribution in [0.2, 0.25) is 0 Å². The van der Waals surface area contributed by atoms with Gasteiger partial charge in [0.25, 0.3) is 11.6 Å². The van der Waals surface area contributed by atoms with Crippen LogP contribution in [0.1, 0.15) is 24.2 Å². The van der Waals surface area contributed by atoms with Crippen molar-refractivity contribution in [1.29, 1.82) is 0 Å². The molecule has 0 saturated carbocycles. The highest BCUT2D eigenvalue weighted by Gasteiger charge is 2.22. The van der Waals surface area contributed by atoms with E-state index in [4.69, 9.17) is 5.11 Å². The molecule has 1 aromatic carbocycles. The number of hydrogen-bond acceptors (Lipinski definition) is 5. The normalized spacial score (nSPS) is 11.7. The van der Waals surface area contributed by atoms with E-state index in [1.54, 1.807) is 6.92 Å². The Morgan fingerprint density at radius 2 is 2.15 bits per heavy atom. The van der Waals surface area contributed by atoms with Crippen molar-refractivity contribution in [3.63, 3.8) is 0 Å². The number of rotatable bonds is 6. The number of aliphatic carboxylic acids is 1. The summed E-state index contributed by atoms with van der Waals surface area (Å²) in [7, 11) is 0. The maximum atomic E-state index is 11.6. The highest BCUT2D eigenvalue weighted by Crippen LogP contribution is 2.32. The van der Waals surface area contributed by atoms with Gasteiger partial charge in [0.05, 0.1) is 9.82 Å². The van der Waals surface area contributed by atoms with Crippen molar-refractivity contribution in [2.45, 2.75) is 24.0 Å². The minimum atomic E-state index is -1.06. The number of nitro groups is 1. The summed E-state index contributed by atoms with van der Waals surface area (Å²) in [6, 6.07) is 3.99. The van der Waals surface area contributed by atoms with Crippen LogP contribution >= 0.6 is 11.8 Å². The molecular formula is C12H14N2O5S. The Morgan fingerprint density at radius 1 is 1.50 bits per heavy atom. The van der Waals surface area contributed by atoms with E-state index in [0.29, 0.717) is 6.54 Å². The van der Waals surface area contributed by atoms with Crippen LogP contribution in [0.15, 0.2) is 23.1 Å². The van der Waals surface area contributed by atoms with Gasteiger partial charge in [0.1, 0.15) is 5.25 Å². The fourth-order valence-electron chi connectivity index (χ4n) is 1.40. The number of nitrogens with zero attached hydrogens (tertiary/aromatic N) is 1. The lowest BCUT2D eigenvalue weighted by atomic mass is 10.2. The predicted octanol–water partition coefficient (Wildman–Crippen LogP) is 1.91. The van der Waals surface area contributed by atoms with Crippen LogP contribution in [0, 0.1) is 10.1 Å². The van der Waals surface area contributed by atoms with E-state index >= 15 is 0 Å². The number of hydrogen-bond donors (Lipinski definition) is 2. The molecule has 0 aromatic heterocycles. The summed E-state index contributed by atoms with van der Waals surface area (Å²) in [4.78, 5) is 33.0. The Morgan fingerprint density at radius 3 is 2.65 bits per heavy atom. The highest BCUT2D eigenvalue weighted by atomic mass is 32.2. The summed E-state index contributed by atoms with van der Waals surface area (Å²) < 4.78 is 0. The van der Waals surface area contributed by atoms with Crippen molar-refractivity contribution in [3.05, 3.63) is 33.9 Å². The van der Waals surface area contributed by atoms with Gasteiger partial charge in [-0.15, -0.1) is 11.8 Å². The maximum Gasteiger partial charge on any atom is 0.316 e. The van der Waals surface area contributed by atoms with E-state index in [2.05, 4.69) is 5.32 Å². The minimum absolute atomic E-state index is 0.172. The SMILES string of the molecule is CCNC(=O)c1ccc(SC(C)C(=O)O)c([N+](=O)[O-])c1. The average molecular weight is 298 g/mol. The maximum absolute atomic E-state index is 11.6. The zero-order valence-corrected chi connectivity index (χ0v) is 11.8. The van der Waals surface area contributed by atoms with Crippen LogP contribution in [-0.2, 0) is 4.79 Å². The third kappa shape index (κ3) is 3.95. The van der Waals surface area contributed by atoms with E-state index in [9.17, 15) is 19.7 Å². The number of thioether (sulfide) groups is 1. The van der Waals surface area contributed by atoms with Crippen LogP contribution in [0.5, 0.6) is 0 Å². The third-order valence-corrected chi connectivity index (χ3v) is 3.56. The number of carbonyl (C=O) groups excluding carboxylic acids is 1. The molecule has 1 aromatic rings. The number of nitrogens with one attached hydrogen (secondary N) is 1. The molecule has 7 nitrogen and oxygen atoms in total. The molecular weight excluding hydrogens is 284 g/mol. The number of nitro benzene ring substituents is 1. The van der Waals surface area contributed by atoms with Crippen LogP contribution in [0.25, 0.3) is 0 Å². The van der Waals surface area contributed by atoms with Crippen molar-refractivity contribution >= 4 is 29.3 Å². The van der Waals surface area contributed by atoms with Gasteiger partial charge < -0.3 is 10.4 Å². The van der Waals surface area contributed by atoms with E-state index < -0.39 is 22.0 Å². The van der Waals surface area contributed by atoms with Gasteiger partial charge >= 0.3 is 5.97 Å². The van der Waals surface area contributed by atoms with Gasteiger partial charge in [-0.1, -0.05) is 0 Å². The van der Waals surface area contributed by atoms with Crippen LogP contribution in [0.4, 0.5) is 5.69 Å². The largest absolute Gasteiger partial charge is 0.480 e. The standard InChI is InChI=1S/C12H14N2O5S/c1-3-13-11(15)8-4-5-10(9(6-8)14(18)19)20-7(2)12(16)17/h4-7H,3H2,1-2H3,(H,13,15)(H,16,17). The quantitative estimate of drug-likeness (QED) is 0.471. The van der Waals surface area contributed by atoms with Gasteiger partial charge in [0, 0.05) is 18.2 Å².